The number of anilines is 3. The molecule has 26 heavy (non-hydrogen) atoms. The first-order valence-corrected chi connectivity index (χ1v) is 9.28. The Labute approximate surface area is 154 Å². The van der Waals surface area contributed by atoms with E-state index in [1.54, 1.807) is 0 Å². The molecule has 5 N–H and O–H groups in total. The lowest BCUT2D eigenvalue weighted by Gasteiger charge is -2.27. The summed E-state index contributed by atoms with van der Waals surface area (Å²) in [7, 11) is 0. The number of nitrogens with one attached hydrogen (secondary N) is 2. The van der Waals surface area contributed by atoms with Crippen molar-refractivity contribution in [3.63, 3.8) is 0 Å². The molecule has 0 bridgehead atoms. The van der Waals surface area contributed by atoms with Gasteiger partial charge in [0, 0.05) is 32.7 Å². The third kappa shape index (κ3) is 7.65. The Morgan fingerprint density at radius 2 is 1.54 bits per heavy atom. The number of hydrogen-bond acceptors (Lipinski definition) is 10. The minimum Gasteiger partial charge on any atom is -0.395 e. The number of nitrogens with two attached hydrogens (primary N) is 1. The second kappa shape index (κ2) is 12.6. The average Bonchev–Trinajstić information content (AvgIpc) is 2.69. The molecule has 0 saturated carbocycles. The summed E-state index contributed by atoms with van der Waals surface area (Å²) < 4.78 is 10.7. The smallest absolute Gasteiger partial charge is 0.231 e. The van der Waals surface area contributed by atoms with Crippen LogP contribution in [0.1, 0.15) is 19.3 Å². The van der Waals surface area contributed by atoms with Crippen LogP contribution in [0.15, 0.2) is 0 Å². The van der Waals surface area contributed by atoms with Crippen LogP contribution in [0.25, 0.3) is 0 Å². The maximum atomic E-state index is 9.00. The Balaban J connectivity index is 1.83. The molecule has 10 nitrogen and oxygen atoms in total. The predicted molar refractivity (Wildman–Crippen MR) is 101 cm³/mol. The van der Waals surface area contributed by atoms with Crippen molar-refractivity contribution in [2.45, 2.75) is 19.3 Å². The maximum absolute atomic E-state index is 9.00. The van der Waals surface area contributed by atoms with Gasteiger partial charge in [0.25, 0.3) is 0 Å². The zero-order chi connectivity index (χ0) is 18.5. The molecule has 0 spiro atoms. The Morgan fingerprint density at radius 1 is 0.885 bits per heavy atom. The van der Waals surface area contributed by atoms with Gasteiger partial charge in [-0.15, -0.1) is 0 Å². The molecule has 0 atom stereocenters. The highest BCUT2D eigenvalue weighted by atomic mass is 16.5. The first kappa shape index (κ1) is 20.6. The summed E-state index contributed by atoms with van der Waals surface area (Å²) in [6.45, 7) is 5.57. The molecule has 2 rings (SSSR count). The van der Waals surface area contributed by atoms with E-state index in [-0.39, 0.29) is 6.61 Å². The lowest BCUT2D eigenvalue weighted by molar-refractivity contribution is 0.0547. The zero-order valence-corrected chi connectivity index (χ0v) is 15.3. The van der Waals surface area contributed by atoms with E-state index in [4.69, 9.17) is 20.3 Å². The van der Waals surface area contributed by atoms with E-state index in [9.17, 15) is 0 Å². The van der Waals surface area contributed by atoms with Crippen molar-refractivity contribution in [2.75, 3.05) is 81.3 Å². The molecule has 10 heteroatoms. The summed E-state index contributed by atoms with van der Waals surface area (Å²) in [4.78, 5) is 15.5. The van der Waals surface area contributed by atoms with Gasteiger partial charge in [0.15, 0.2) is 0 Å². The average molecular weight is 369 g/mol. The minimum absolute atomic E-state index is 0.0214. The number of piperidine rings is 1. The van der Waals surface area contributed by atoms with E-state index >= 15 is 0 Å². The topological polar surface area (TPSA) is 131 Å². The summed E-state index contributed by atoms with van der Waals surface area (Å²) in [6, 6.07) is 0. The molecule has 0 radical (unpaired) electrons. The second-order valence-corrected chi connectivity index (χ2v) is 5.92. The Morgan fingerprint density at radius 3 is 2.19 bits per heavy atom. The third-order valence-corrected chi connectivity index (χ3v) is 3.82. The molecule has 0 aromatic carbocycles. The van der Waals surface area contributed by atoms with Gasteiger partial charge >= 0.3 is 0 Å². The zero-order valence-electron chi connectivity index (χ0n) is 15.3. The Hall–Kier alpha value is -1.75. The molecule has 0 aliphatic carbocycles. The first-order valence-electron chi connectivity index (χ1n) is 9.28. The van der Waals surface area contributed by atoms with Crippen molar-refractivity contribution < 1.29 is 14.6 Å². The van der Waals surface area contributed by atoms with Gasteiger partial charge in [-0.2, -0.15) is 15.0 Å². The van der Waals surface area contributed by atoms with Gasteiger partial charge in [0.2, 0.25) is 17.8 Å². The fourth-order valence-corrected chi connectivity index (χ4v) is 2.57. The van der Waals surface area contributed by atoms with E-state index in [1.807, 2.05) is 0 Å². The van der Waals surface area contributed by atoms with Gasteiger partial charge in [-0.1, -0.05) is 0 Å². The Kier molecular flexibility index (Phi) is 9.95. The van der Waals surface area contributed by atoms with Crippen molar-refractivity contribution in [1.29, 1.82) is 0 Å². The SMILES string of the molecule is NCCOCCOCCNc1nc(NCCO)nc(N2CCCCC2)n1. The molecular formula is C16H31N7O3. The number of aliphatic hydroxyl groups is 1. The minimum atomic E-state index is 0.0214. The molecule has 1 fully saturated rings. The van der Waals surface area contributed by atoms with Crippen LogP contribution in [0.2, 0.25) is 0 Å². The fraction of sp³-hybridized carbons (Fsp3) is 0.812. The largest absolute Gasteiger partial charge is 0.395 e. The van der Waals surface area contributed by atoms with Gasteiger partial charge in [0.05, 0.1) is 33.0 Å². The molecule has 148 valence electrons. The highest BCUT2D eigenvalue weighted by Gasteiger charge is 2.16. The van der Waals surface area contributed by atoms with Crippen LogP contribution < -0.4 is 21.3 Å². The number of rotatable bonds is 13. The molecule has 1 aromatic heterocycles. The van der Waals surface area contributed by atoms with Crippen LogP contribution in [0, 0.1) is 0 Å². The normalized spacial score (nSPS) is 14.5. The van der Waals surface area contributed by atoms with Crippen molar-refractivity contribution in [1.82, 2.24) is 15.0 Å². The summed E-state index contributed by atoms with van der Waals surface area (Å²) in [5.41, 5.74) is 5.35. The quantitative estimate of drug-likeness (QED) is 0.343. The molecule has 1 aliphatic rings. The van der Waals surface area contributed by atoms with E-state index in [0.717, 1.165) is 25.9 Å². The van der Waals surface area contributed by atoms with E-state index in [2.05, 4.69) is 30.5 Å². The van der Waals surface area contributed by atoms with Gasteiger partial charge in [-0.05, 0) is 19.3 Å². The van der Waals surface area contributed by atoms with Crippen molar-refractivity contribution in [3.8, 4) is 0 Å². The summed E-state index contributed by atoms with van der Waals surface area (Å²) in [5, 5.41) is 15.2. The summed E-state index contributed by atoms with van der Waals surface area (Å²) in [6.07, 6.45) is 3.54. The maximum Gasteiger partial charge on any atom is 0.231 e. The van der Waals surface area contributed by atoms with Gasteiger partial charge < -0.3 is 35.8 Å². The summed E-state index contributed by atoms with van der Waals surface area (Å²) in [5.74, 6) is 1.64. The van der Waals surface area contributed by atoms with Gasteiger partial charge in [-0.25, -0.2) is 0 Å². The van der Waals surface area contributed by atoms with Crippen molar-refractivity contribution >= 4 is 17.8 Å². The molecule has 1 saturated heterocycles. The van der Waals surface area contributed by atoms with Crippen molar-refractivity contribution in [2.24, 2.45) is 5.73 Å². The van der Waals surface area contributed by atoms with Crippen LogP contribution >= 0.6 is 0 Å². The number of nitrogens with zero attached hydrogens (tertiary/aromatic N) is 4. The first-order chi connectivity index (χ1) is 12.8. The van der Waals surface area contributed by atoms with Crippen LogP contribution in [0.5, 0.6) is 0 Å². The van der Waals surface area contributed by atoms with Crippen LogP contribution in [0.4, 0.5) is 17.8 Å². The number of hydrogen-bond donors (Lipinski definition) is 4. The molecule has 0 amide bonds. The number of aliphatic hydroxyl groups excluding tert-OH is 1. The van der Waals surface area contributed by atoms with E-state index in [1.165, 1.54) is 6.42 Å². The van der Waals surface area contributed by atoms with Crippen LogP contribution in [-0.4, -0.2) is 85.8 Å². The van der Waals surface area contributed by atoms with E-state index in [0.29, 0.717) is 63.9 Å². The van der Waals surface area contributed by atoms with Crippen LogP contribution in [0.3, 0.4) is 0 Å². The highest BCUT2D eigenvalue weighted by Crippen LogP contribution is 2.18. The summed E-state index contributed by atoms with van der Waals surface area (Å²) >= 11 is 0. The Bertz CT molecular complexity index is 501. The number of ether oxygens (including phenoxy) is 2. The van der Waals surface area contributed by atoms with Gasteiger partial charge in [-0.3, -0.25) is 0 Å². The number of aromatic nitrogens is 3. The predicted octanol–water partition coefficient (Wildman–Crippen LogP) is -0.330. The monoisotopic (exact) mass is 369 g/mol. The molecule has 1 aromatic rings. The third-order valence-electron chi connectivity index (χ3n) is 3.82. The molecule has 0 unspecified atom stereocenters. The van der Waals surface area contributed by atoms with Crippen molar-refractivity contribution in [3.05, 3.63) is 0 Å². The lowest BCUT2D eigenvalue weighted by Crippen LogP contribution is -2.31. The standard InChI is InChI=1S/C16H31N7O3/c17-4-10-25-12-13-26-11-6-19-15-20-14(18-5-9-24)21-16(22-15)23-7-2-1-3-8-23/h24H,1-13,17H2,(H2,18,19,20,21,22). The van der Waals surface area contributed by atoms with Crippen LogP contribution in [-0.2, 0) is 9.47 Å². The highest BCUT2D eigenvalue weighted by molar-refractivity contribution is 5.44. The molecule has 2 heterocycles. The lowest BCUT2D eigenvalue weighted by atomic mass is 10.1. The molecular weight excluding hydrogens is 338 g/mol. The molecule has 1 aliphatic heterocycles. The van der Waals surface area contributed by atoms with E-state index < -0.39 is 0 Å². The second-order valence-electron chi connectivity index (χ2n) is 5.92. The fourth-order valence-electron chi connectivity index (χ4n) is 2.57. The van der Waals surface area contributed by atoms with Gasteiger partial charge in [0.1, 0.15) is 0 Å².